The van der Waals surface area contributed by atoms with Crippen molar-refractivity contribution in [1.29, 1.82) is 0 Å². The number of anilines is 1. The number of nitrogens with one attached hydrogen (secondary N) is 3. The molecule has 3 N–H and O–H groups in total. The van der Waals surface area contributed by atoms with Gasteiger partial charge in [0.25, 0.3) is 5.91 Å². The molecule has 1 rings (SSSR count). The van der Waals surface area contributed by atoms with E-state index in [2.05, 4.69) is 16.0 Å². The Morgan fingerprint density at radius 3 is 2.38 bits per heavy atom. The summed E-state index contributed by atoms with van der Waals surface area (Å²) in [7, 11) is 0. The number of para-hydroxylation sites is 1. The largest absolute Gasteiger partial charge is 0.385 e. The second-order valence-electron chi connectivity index (χ2n) is 6.01. The van der Waals surface area contributed by atoms with Gasteiger partial charge in [-0.25, -0.2) is 0 Å². The first kappa shape index (κ1) is 17.0. The number of hydrogen-bond donors (Lipinski definition) is 3. The van der Waals surface area contributed by atoms with Gasteiger partial charge in [0.05, 0.1) is 5.56 Å². The summed E-state index contributed by atoms with van der Waals surface area (Å²) in [5, 5.41) is 8.71. The summed E-state index contributed by atoms with van der Waals surface area (Å²) in [6.07, 6.45) is 0. The van der Waals surface area contributed by atoms with E-state index in [0.29, 0.717) is 5.56 Å². The van der Waals surface area contributed by atoms with Crippen molar-refractivity contribution in [2.75, 3.05) is 11.9 Å². The maximum absolute atomic E-state index is 12.3. The molecule has 0 fully saturated rings. The fourth-order valence-corrected chi connectivity index (χ4v) is 1.84. The molecule has 0 aliphatic rings. The number of carbonyl (C=O) groups is 2. The summed E-state index contributed by atoms with van der Waals surface area (Å²) < 4.78 is 0. The van der Waals surface area contributed by atoms with Gasteiger partial charge < -0.3 is 16.0 Å². The summed E-state index contributed by atoms with van der Waals surface area (Å²) in [5.41, 5.74) is 0.980. The molecule has 0 radical (unpaired) electrons. The third-order valence-electron chi connectivity index (χ3n) is 2.78. The minimum Gasteiger partial charge on any atom is -0.385 e. The predicted octanol–water partition coefficient (Wildman–Crippen LogP) is 2.15. The maximum Gasteiger partial charge on any atom is 0.254 e. The van der Waals surface area contributed by atoms with Crippen LogP contribution in [0.25, 0.3) is 0 Å². The average Bonchev–Trinajstić information content (AvgIpc) is 2.37. The second-order valence-corrected chi connectivity index (χ2v) is 6.01. The zero-order chi connectivity index (χ0) is 16.0. The van der Waals surface area contributed by atoms with Crippen molar-refractivity contribution in [1.82, 2.24) is 10.6 Å². The van der Waals surface area contributed by atoms with Crippen LogP contribution in [0.4, 0.5) is 5.69 Å². The minimum atomic E-state index is -0.591. The topological polar surface area (TPSA) is 70.2 Å². The lowest BCUT2D eigenvalue weighted by atomic mass is 10.1. The maximum atomic E-state index is 12.3. The van der Waals surface area contributed by atoms with Gasteiger partial charge in [0, 0.05) is 17.8 Å². The van der Waals surface area contributed by atoms with Crippen molar-refractivity contribution in [3.8, 4) is 0 Å². The number of carbonyl (C=O) groups excluding carboxylic acids is 2. The molecule has 1 unspecified atom stereocenters. The Hall–Kier alpha value is -2.04. The molecule has 2 amide bonds. The minimum absolute atomic E-state index is 0.197. The van der Waals surface area contributed by atoms with Crippen molar-refractivity contribution in [2.24, 2.45) is 0 Å². The summed E-state index contributed by atoms with van der Waals surface area (Å²) in [6.45, 7) is 10.1. The van der Waals surface area contributed by atoms with Crippen LogP contribution in [0, 0.1) is 0 Å². The van der Waals surface area contributed by atoms with E-state index in [1.165, 1.54) is 0 Å². The van der Waals surface area contributed by atoms with E-state index in [-0.39, 0.29) is 17.4 Å². The van der Waals surface area contributed by atoms with Crippen molar-refractivity contribution in [3.63, 3.8) is 0 Å². The van der Waals surface area contributed by atoms with Gasteiger partial charge >= 0.3 is 0 Å². The second kappa shape index (κ2) is 7.11. The Morgan fingerprint density at radius 2 is 1.81 bits per heavy atom. The third kappa shape index (κ3) is 5.45. The molecule has 0 aliphatic heterocycles. The third-order valence-corrected chi connectivity index (χ3v) is 2.78. The van der Waals surface area contributed by atoms with Gasteiger partial charge in [0.1, 0.15) is 6.04 Å². The Morgan fingerprint density at radius 1 is 1.19 bits per heavy atom. The monoisotopic (exact) mass is 291 g/mol. The highest BCUT2D eigenvalue weighted by atomic mass is 16.2. The van der Waals surface area contributed by atoms with Crippen LogP contribution < -0.4 is 16.0 Å². The number of hydrogen-bond acceptors (Lipinski definition) is 3. The molecule has 5 nitrogen and oxygen atoms in total. The van der Waals surface area contributed by atoms with Gasteiger partial charge in [-0.2, -0.15) is 0 Å². The van der Waals surface area contributed by atoms with Crippen LogP contribution in [0.3, 0.4) is 0 Å². The predicted molar refractivity (Wildman–Crippen MR) is 85.4 cm³/mol. The molecule has 0 aromatic heterocycles. The van der Waals surface area contributed by atoms with E-state index in [1.54, 1.807) is 19.1 Å². The first-order chi connectivity index (χ1) is 9.74. The molecule has 0 heterocycles. The number of benzene rings is 1. The fourth-order valence-electron chi connectivity index (χ4n) is 1.84. The summed E-state index contributed by atoms with van der Waals surface area (Å²) in [6, 6.07) is 6.66. The van der Waals surface area contributed by atoms with Gasteiger partial charge in [-0.05, 0) is 46.8 Å². The quantitative estimate of drug-likeness (QED) is 0.778. The van der Waals surface area contributed by atoms with Crippen molar-refractivity contribution >= 4 is 17.5 Å². The average molecular weight is 291 g/mol. The van der Waals surface area contributed by atoms with E-state index in [0.717, 1.165) is 12.2 Å². The van der Waals surface area contributed by atoms with Crippen molar-refractivity contribution in [3.05, 3.63) is 29.8 Å². The lowest BCUT2D eigenvalue weighted by molar-refractivity contribution is -0.124. The van der Waals surface area contributed by atoms with E-state index in [9.17, 15) is 9.59 Å². The van der Waals surface area contributed by atoms with Crippen LogP contribution in [0.1, 0.15) is 45.0 Å². The number of amides is 2. The van der Waals surface area contributed by atoms with Crippen LogP contribution in [-0.4, -0.2) is 29.9 Å². The molecule has 1 aromatic carbocycles. The van der Waals surface area contributed by atoms with Gasteiger partial charge in [0.2, 0.25) is 5.91 Å². The fraction of sp³-hybridized carbons (Fsp3) is 0.500. The lowest BCUT2D eigenvalue weighted by Crippen LogP contribution is -2.50. The Bertz CT molecular complexity index is 506. The highest BCUT2D eigenvalue weighted by molar-refractivity contribution is 6.01. The Balaban J connectivity index is 2.75. The van der Waals surface area contributed by atoms with Crippen molar-refractivity contribution < 1.29 is 9.59 Å². The van der Waals surface area contributed by atoms with E-state index in [1.807, 2.05) is 39.8 Å². The molecule has 1 atom stereocenters. The standard InChI is InChI=1S/C16H25N3O2/c1-6-17-13-10-8-7-9-12(13)15(21)18-11(2)14(20)19-16(3,4)5/h7-11,17H,6H2,1-5H3,(H,18,21)(H,19,20). The van der Waals surface area contributed by atoms with E-state index >= 15 is 0 Å². The molecule has 21 heavy (non-hydrogen) atoms. The Kier molecular flexibility index (Phi) is 5.76. The number of rotatable bonds is 5. The highest BCUT2D eigenvalue weighted by Crippen LogP contribution is 2.14. The van der Waals surface area contributed by atoms with Crippen LogP contribution in [0.5, 0.6) is 0 Å². The first-order valence-electron chi connectivity index (χ1n) is 7.20. The molecule has 116 valence electrons. The summed E-state index contributed by atoms with van der Waals surface area (Å²) in [5.74, 6) is -0.458. The molecule has 0 aliphatic carbocycles. The van der Waals surface area contributed by atoms with Gasteiger partial charge in [-0.3, -0.25) is 9.59 Å². The molecule has 1 aromatic rings. The SMILES string of the molecule is CCNc1ccccc1C(=O)NC(C)C(=O)NC(C)(C)C. The first-order valence-corrected chi connectivity index (χ1v) is 7.20. The molecular formula is C16H25N3O2. The molecular weight excluding hydrogens is 266 g/mol. The normalized spacial score (nSPS) is 12.4. The summed E-state index contributed by atoms with van der Waals surface area (Å²) >= 11 is 0. The lowest BCUT2D eigenvalue weighted by Gasteiger charge is -2.24. The Labute approximate surface area is 126 Å². The zero-order valence-corrected chi connectivity index (χ0v) is 13.4. The highest BCUT2D eigenvalue weighted by Gasteiger charge is 2.21. The van der Waals surface area contributed by atoms with E-state index in [4.69, 9.17) is 0 Å². The van der Waals surface area contributed by atoms with Crippen LogP contribution in [0.15, 0.2) is 24.3 Å². The van der Waals surface area contributed by atoms with Crippen LogP contribution >= 0.6 is 0 Å². The molecule has 0 bridgehead atoms. The van der Waals surface area contributed by atoms with Crippen LogP contribution in [-0.2, 0) is 4.79 Å². The smallest absolute Gasteiger partial charge is 0.254 e. The van der Waals surface area contributed by atoms with Crippen molar-refractivity contribution in [2.45, 2.75) is 46.2 Å². The molecule has 5 heteroatoms. The molecule has 0 saturated carbocycles. The summed E-state index contributed by atoms with van der Waals surface area (Å²) in [4.78, 5) is 24.3. The molecule has 0 spiro atoms. The van der Waals surface area contributed by atoms with Gasteiger partial charge in [-0.1, -0.05) is 12.1 Å². The van der Waals surface area contributed by atoms with Gasteiger partial charge in [-0.15, -0.1) is 0 Å². The zero-order valence-electron chi connectivity index (χ0n) is 13.4. The molecule has 0 saturated heterocycles. The van der Waals surface area contributed by atoms with E-state index < -0.39 is 6.04 Å². The van der Waals surface area contributed by atoms with Crippen LogP contribution in [0.2, 0.25) is 0 Å². The van der Waals surface area contributed by atoms with Gasteiger partial charge in [0.15, 0.2) is 0 Å².